The van der Waals surface area contributed by atoms with Crippen molar-refractivity contribution in [2.24, 2.45) is 7.05 Å². The zero-order valence-corrected chi connectivity index (χ0v) is 8.94. The first-order chi connectivity index (χ1) is 7.27. The van der Waals surface area contributed by atoms with Crippen molar-refractivity contribution in [3.63, 3.8) is 0 Å². The van der Waals surface area contributed by atoms with Crippen molar-refractivity contribution < 1.29 is 4.79 Å². The molecule has 5 heteroatoms. The minimum absolute atomic E-state index is 0.150. The van der Waals surface area contributed by atoms with Gasteiger partial charge in [-0.3, -0.25) is 14.4 Å². The molecule has 1 aromatic heterocycles. The van der Waals surface area contributed by atoms with Gasteiger partial charge >= 0.3 is 0 Å². The molecule has 1 aliphatic rings. The van der Waals surface area contributed by atoms with E-state index in [4.69, 9.17) is 0 Å². The number of piperazine rings is 1. The van der Waals surface area contributed by atoms with E-state index in [1.54, 1.807) is 24.0 Å². The number of Topliss-reactive ketones (excluding diaryl/α,β-unsaturated/α-hetero) is 1. The van der Waals surface area contributed by atoms with Crippen LogP contribution in [0.1, 0.15) is 10.5 Å². The molecule has 0 spiro atoms. The van der Waals surface area contributed by atoms with E-state index in [1.807, 2.05) is 0 Å². The summed E-state index contributed by atoms with van der Waals surface area (Å²) in [5.41, 5.74) is 0.688. The molecule has 1 N–H and O–H groups in total. The smallest absolute Gasteiger partial charge is 0.194 e. The van der Waals surface area contributed by atoms with Crippen LogP contribution in [0.3, 0.4) is 0 Å². The van der Waals surface area contributed by atoms with Crippen LogP contribution in [0.4, 0.5) is 0 Å². The maximum Gasteiger partial charge on any atom is 0.194 e. The van der Waals surface area contributed by atoms with Crippen LogP contribution < -0.4 is 5.32 Å². The number of nitrogens with zero attached hydrogens (tertiary/aromatic N) is 3. The standard InChI is InChI=1S/C10H16N4O/c1-13-9(2-3-12-13)10(15)8-14-6-4-11-5-7-14/h2-3,11H,4-8H2,1H3. The zero-order valence-electron chi connectivity index (χ0n) is 8.94. The lowest BCUT2D eigenvalue weighted by Gasteiger charge is -2.26. The lowest BCUT2D eigenvalue weighted by atomic mass is 10.2. The van der Waals surface area contributed by atoms with Crippen LogP contribution in [-0.2, 0) is 7.05 Å². The first-order valence-corrected chi connectivity index (χ1v) is 5.21. The van der Waals surface area contributed by atoms with Gasteiger partial charge in [0.1, 0.15) is 5.69 Å². The predicted molar refractivity (Wildman–Crippen MR) is 56.8 cm³/mol. The summed E-state index contributed by atoms with van der Waals surface area (Å²) in [6, 6.07) is 1.77. The molecule has 0 radical (unpaired) electrons. The number of carbonyl (C=O) groups excluding carboxylic acids is 1. The Morgan fingerprint density at radius 1 is 1.53 bits per heavy atom. The Hall–Kier alpha value is -1.20. The number of hydrogen-bond acceptors (Lipinski definition) is 4. The molecule has 1 saturated heterocycles. The maximum absolute atomic E-state index is 11.9. The van der Waals surface area contributed by atoms with Crippen molar-refractivity contribution in [3.05, 3.63) is 18.0 Å². The summed E-state index contributed by atoms with van der Waals surface area (Å²) in [5, 5.41) is 7.26. The van der Waals surface area contributed by atoms with E-state index in [-0.39, 0.29) is 5.78 Å². The molecule has 1 fully saturated rings. The van der Waals surface area contributed by atoms with Gasteiger partial charge in [0.25, 0.3) is 0 Å². The van der Waals surface area contributed by atoms with Gasteiger partial charge in [-0.15, -0.1) is 0 Å². The van der Waals surface area contributed by atoms with Gasteiger partial charge in [-0.1, -0.05) is 0 Å². The van der Waals surface area contributed by atoms with Gasteiger partial charge in [0.2, 0.25) is 0 Å². The van der Waals surface area contributed by atoms with Gasteiger partial charge in [-0.25, -0.2) is 0 Å². The molecule has 0 bridgehead atoms. The van der Waals surface area contributed by atoms with Crippen LogP contribution in [0.5, 0.6) is 0 Å². The monoisotopic (exact) mass is 208 g/mol. The zero-order chi connectivity index (χ0) is 10.7. The highest BCUT2D eigenvalue weighted by molar-refractivity contribution is 5.96. The van der Waals surface area contributed by atoms with Crippen LogP contribution in [-0.4, -0.2) is 53.2 Å². The summed E-state index contributed by atoms with van der Waals surface area (Å²) in [4.78, 5) is 14.0. The molecule has 1 aromatic rings. The Labute approximate surface area is 89.1 Å². The minimum atomic E-state index is 0.150. The first kappa shape index (κ1) is 10.3. The molecule has 0 amide bonds. The minimum Gasteiger partial charge on any atom is -0.314 e. The molecule has 5 nitrogen and oxygen atoms in total. The second-order valence-corrected chi connectivity index (χ2v) is 3.79. The molecule has 15 heavy (non-hydrogen) atoms. The number of hydrogen-bond donors (Lipinski definition) is 1. The van der Waals surface area contributed by atoms with Gasteiger partial charge in [0.05, 0.1) is 6.54 Å². The Morgan fingerprint density at radius 3 is 2.87 bits per heavy atom. The summed E-state index contributed by atoms with van der Waals surface area (Å²) in [6.45, 7) is 4.34. The normalized spacial score (nSPS) is 17.9. The number of ketones is 1. The van der Waals surface area contributed by atoms with Crippen molar-refractivity contribution in [1.82, 2.24) is 20.0 Å². The Balaban J connectivity index is 1.94. The third-order valence-corrected chi connectivity index (χ3v) is 2.68. The van der Waals surface area contributed by atoms with Gasteiger partial charge in [0, 0.05) is 39.4 Å². The van der Waals surface area contributed by atoms with E-state index in [0.717, 1.165) is 26.2 Å². The molecule has 2 heterocycles. The Kier molecular flexibility index (Phi) is 3.13. The largest absolute Gasteiger partial charge is 0.314 e. The molecule has 2 rings (SSSR count). The third-order valence-electron chi connectivity index (χ3n) is 2.68. The molecule has 0 atom stereocenters. The summed E-state index contributed by atoms with van der Waals surface area (Å²) < 4.78 is 1.63. The fourth-order valence-electron chi connectivity index (χ4n) is 1.80. The predicted octanol–water partition coefficient (Wildman–Crippen LogP) is -0.492. The van der Waals surface area contributed by atoms with Gasteiger partial charge in [0.15, 0.2) is 5.78 Å². The Morgan fingerprint density at radius 2 is 2.27 bits per heavy atom. The molecule has 0 aromatic carbocycles. The third kappa shape index (κ3) is 2.43. The summed E-state index contributed by atoms with van der Waals surface area (Å²) in [5.74, 6) is 0.150. The average Bonchev–Trinajstić information content (AvgIpc) is 2.66. The van der Waals surface area contributed by atoms with Crippen molar-refractivity contribution in [2.45, 2.75) is 0 Å². The SMILES string of the molecule is Cn1nccc1C(=O)CN1CCNCC1. The van der Waals surface area contributed by atoms with Crippen LogP contribution in [0.15, 0.2) is 12.3 Å². The maximum atomic E-state index is 11.9. The first-order valence-electron chi connectivity index (χ1n) is 5.21. The van der Waals surface area contributed by atoms with E-state index in [0.29, 0.717) is 12.2 Å². The van der Waals surface area contributed by atoms with Crippen molar-refractivity contribution in [3.8, 4) is 0 Å². The topological polar surface area (TPSA) is 50.2 Å². The summed E-state index contributed by atoms with van der Waals surface area (Å²) in [6.07, 6.45) is 1.66. The lowest BCUT2D eigenvalue weighted by molar-refractivity contribution is 0.0912. The number of nitrogens with one attached hydrogen (secondary N) is 1. The van der Waals surface area contributed by atoms with Crippen LogP contribution in [0.25, 0.3) is 0 Å². The fourth-order valence-corrected chi connectivity index (χ4v) is 1.80. The number of carbonyl (C=O) groups is 1. The lowest BCUT2D eigenvalue weighted by Crippen LogP contribution is -2.45. The van der Waals surface area contributed by atoms with Crippen LogP contribution in [0, 0.1) is 0 Å². The molecule has 0 unspecified atom stereocenters. The van der Waals surface area contributed by atoms with Crippen molar-refractivity contribution in [2.75, 3.05) is 32.7 Å². The van der Waals surface area contributed by atoms with Crippen LogP contribution >= 0.6 is 0 Å². The van der Waals surface area contributed by atoms with E-state index in [9.17, 15) is 4.79 Å². The molecule has 1 aliphatic heterocycles. The summed E-state index contributed by atoms with van der Waals surface area (Å²) >= 11 is 0. The van der Waals surface area contributed by atoms with Gasteiger partial charge in [-0.2, -0.15) is 5.10 Å². The molecular formula is C10H16N4O. The second-order valence-electron chi connectivity index (χ2n) is 3.79. The Bertz CT molecular complexity index is 341. The summed E-state index contributed by atoms with van der Waals surface area (Å²) in [7, 11) is 1.80. The van der Waals surface area contributed by atoms with Crippen molar-refractivity contribution in [1.29, 1.82) is 0 Å². The molecule has 0 aliphatic carbocycles. The number of aryl methyl sites for hydroxylation is 1. The molecular weight excluding hydrogens is 192 g/mol. The van der Waals surface area contributed by atoms with Crippen LogP contribution in [0.2, 0.25) is 0 Å². The molecule has 82 valence electrons. The van der Waals surface area contributed by atoms with E-state index < -0.39 is 0 Å². The van der Waals surface area contributed by atoms with E-state index in [2.05, 4.69) is 15.3 Å². The second kappa shape index (κ2) is 4.55. The average molecular weight is 208 g/mol. The van der Waals surface area contributed by atoms with Crippen molar-refractivity contribution >= 4 is 5.78 Å². The highest BCUT2D eigenvalue weighted by Gasteiger charge is 2.16. The highest BCUT2D eigenvalue weighted by Crippen LogP contribution is 2.01. The highest BCUT2D eigenvalue weighted by atomic mass is 16.1. The van der Waals surface area contributed by atoms with E-state index in [1.165, 1.54) is 0 Å². The van der Waals surface area contributed by atoms with Gasteiger partial charge in [-0.05, 0) is 6.07 Å². The fraction of sp³-hybridized carbons (Fsp3) is 0.600. The quantitative estimate of drug-likeness (QED) is 0.681. The number of aromatic nitrogens is 2. The van der Waals surface area contributed by atoms with Gasteiger partial charge < -0.3 is 5.32 Å². The number of rotatable bonds is 3. The van der Waals surface area contributed by atoms with E-state index >= 15 is 0 Å². The molecule has 0 saturated carbocycles.